The van der Waals surface area contributed by atoms with E-state index in [1.165, 1.54) is 52.1 Å². The van der Waals surface area contributed by atoms with Gasteiger partial charge in [-0.25, -0.2) is 4.79 Å². The Morgan fingerprint density at radius 2 is 1.39 bits per heavy atom. The van der Waals surface area contributed by atoms with Crippen LogP contribution in [0.15, 0.2) is 24.3 Å². The average Bonchev–Trinajstić information content (AvgIpc) is 2.58. The molecule has 0 amide bonds. The van der Waals surface area contributed by atoms with Crippen LogP contribution < -0.4 is 0 Å². The first-order chi connectivity index (χ1) is 11.3. The molecule has 0 saturated carbocycles. The molecule has 0 saturated heterocycles. The molecular formula is C20H36O3. The van der Waals surface area contributed by atoms with Crippen molar-refractivity contribution in [2.24, 2.45) is 0 Å². The molecule has 0 aromatic rings. The van der Waals surface area contributed by atoms with Gasteiger partial charge in [0, 0.05) is 7.11 Å². The van der Waals surface area contributed by atoms with Crippen molar-refractivity contribution in [3.8, 4) is 0 Å². The van der Waals surface area contributed by atoms with Gasteiger partial charge >= 0.3 is 5.97 Å². The minimum Gasteiger partial charge on any atom is -0.467 e. The van der Waals surface area contributed by atoms with Crippen LogP contribution in [0.2, 0.25) is 0 Å². The van der Waals surface area contributed by atoms with Gasteiger partial charge in [-0.15, -0.1) is 0 Å². The van der Waals surface area contributed by atoms with E-state index in [0.29, 0.717) is 6.42 Å². The second-order valence-electron chi connectivity index (χ2n) is 5.90. The molecule has 3 heteroatoms. The molecule has 0 rings (SSSR count). The van der Waals surface area contributed by atoms with Gasteiger partial charge in [0.25, 0.3) is 0 Å². The van der Waals surface area contributed by atoms with Crippen molar-refractivity contribution in [3.63, 3.8) is 0 Å². The van der Waals surface area contributed by atoms with E-state index in [1.54, 1.807) is 7.11 Å². The van der Waals surface area contributed by atoms with E-state index in [1.807, 2.05) is 0 Å². The molecule has 23 heavy (non-hydrogen) atoms. The third kappa shape index (κ3) is 14.2. The summed E-state index contributed by atoms with van der Waals surface area (Å²) in [6.45, 7) is 2.26. The molecule has 134 valence electrons. The number of methoxy groups -OCH3 is 2. The van der Waals surface area contributed by atoms with E-state index in [-0.39, 0.29) is 5.97 Å². The average molecular weight is 325 g/mol. The van der Waals surface area contributed by atoms with E-state index >= 15 is 0 Å². The summed E-state index contributed by atoms with van der Waals surface area (Å²) in [6.07, 6.45) is 21.5. The third-order valence-corrected chi connectivity index (χ3v) is 3.90. The topological polar surface area (TPSA) is 35.5 Å². The Labute approximate surface area is 143 Å². The zero-order valence-electron chi connectivity index (χ0n) is 15.4. The van der Waals surface area contributed by atoms with Crippen LogP contribution >= 0.6 is 0 Å². The minimum absolute atomic E-state index is 0.293. The van der Waals surface area contributed by atoms with Crippen LogP contribution in [0.5, 0.6) is 0 Å². The highest BCUT2D eigenvalue weighted by Gasteiger charge is 2.16. The summed E-state index contributed by atoms with van der Waals surface area (Å²) in [5.41, 5.74) is 0. The van der Waals surface area contributed by atoms with Crippen LogP contribution in [0, 0.1) is 0 Å². The van der Waals surface area contributed by atoms with E-state index in [2.05, 4.69) is 36.0 Å². The Morgan fingerprint density at radius 1 is 0.826 bits per heavy atom. The highest BCUT2D eigenvalue weighted by Crippen LogP contribution is 2.08. The molecule has 0 heterocycles. The number of hydrogen-bond acceptors (Lipinski definition) is 3. The van der Waals surface area contributed by atoms with E-state index in [9.17, 15) is 4.79 Å². The number of hydrogen-bond donors (Lipinski definition) is 0. The van der Waals surface area contributed by atoms with E-state index < -0.39 is 6.10 Å². The molecule has 3 nitrogen and oxygen atoms in total. The van der Waals surface area contributed by atoms with Gasteiger partial charge in [-0.1, -0.05) is 63.3 Å². The SMILES string of the molecule is CCCCCCCC/C=C\CC/C=C\CCC(OC)C(=O)OC. The summed E-state index contributed by atoms with van der Waals surface area (Å²) in [4.78, 5) is 11.3. The molecule has 0 aliphatic rings. The summed E-state index contributed by atoms with van der Waals surface area (Å²) < 4.78 is 9.77. The van der Waals surface area contributed by atoms with Gasteiger partial charge < -0.3 is 9.47 Å². The quantitative estimate of drug-likeness (QED) is 0.223. The fraction of sp³-hybridized carbons (Fsp3) is 0.750. The lowest BCUT2D eigenvalue weighted by Gasteiger charge is -2.10. The van der Waals surface area contributed by atoms with Crippen molar-refractivity contribution in [2.75, 3.05) is 14.2 Å². The van der Waals surface area contributed by atoms with Crippen LogP contribution in [0.1, 0.15) is 77.6 Å². The Hall–Kier alpha value is -1.09. The first-order valence-corrected chi connectivity index (χ1v) is 9.16. The Kier molecular flexibility index (Phi) is 16.4. The van der Waals surface area contributed by atoms with Gasteiger partial charge in [-0.05, 0) is 38.5 Å². The fourth-order valence-corrected chi connectivity index (χ4v) is 2.42. The molecule has 0 N–H and O–H groups in total. The molecule has 0 aromatic carbocycles. The van der Waals surface area contributed by atoms with Crippen LogP contribution in [0.3, 0.4) is 0 Å². The Balaban J connectivity index is 3.46. The van der Waals surface area contributed by atoms with Crippen molar-refractivity contribution in [2.45, 2.75) is 83.7 Å². The van der Waals surface area contributed by atoms with Crippen LogP contribution in [-0.2, 0) is 14.3 Å². The maximum absolute atomic E-state index is 11.3. The molecule has 0 aromatic heterocycles. The molecule has 0 radical (unpaired) electrons. The third-order valence-electron chi connectivity index (χ3n) is 3.90. The number of carbonyl (C=O) groups excluding carboxylic acids is 1. The normalized spacial score (nSPS) is 13.0. The van der Waals surface area contributed by atoms with Gasteiger partial charge in [0.2, 0.25) is 0 Å². The number of ether oxygens (including phenoxy) is 2. The predicted molar refractivity (Wildman–Crippen MR) is 97.6 cm³/mol. The van der Waals surface area contributed by atoms with Gasteiger partial charge in [0.05, 0.1) is 7.11 Å². The first-order valence-electron chi connectivity index (χ1n) is 9.16. The number of esters is 1. The highest BCUT2D eigenvalue weighted by molar-refractivity contribution is 5.74. The molecule has 0 bridgehead atoms. The zero-order valence-corrected chi connectivity index (χ0v) is 15.4. The Bertz CT molecular complexity index is 321. The molecule has 0 spiro atoms. The summed E-state index contributed by atoms with van der Waals surface area (Å²) in [7, 11) is 2.93. The summed E-state index contributed by atoms with van der Waals surface area (Å²) >= 11 is 0. The molecule has 0 aliphatic heterocycles. The minimum atomic E-state index is -0.443. The fourth-order valence-electron chi connectivity index (χ4n) is 2.42. The summed E-state index contributed by atoms with van der Waals surface area (Å²) in [5.74, 6) is -0.293. The largest absolute Gasteiger partial charge is 0.467 e. The van der Waals surface area contributed by atoms with Crippen molar-refractivity contribution in [1.82, 2.24) is 0 Å². The van der Waals surface area contributed by atoms with Gasteiger partial charge in [-0.2, -0.15) is 0 Å². The van der Waals surface area contributed by atoms with Gasteiger partial charge in [-0.3, -0.25) is 0 Å². The number of carbonyl (C=O) groups is 1. The lowest BCUT2D eigenvalue weighted by molar-refractivity contribution is -0.152. The molecule has 0 aliphatic carbocycles. The molecule has 1 atom stereocenters. The molecule has 1 unspecified atom stereocenters. The lowest BCUT2D eigenvalue weighted by atomic mass is 10.1. The summed E-state index contributed by atoms with van der Waals surface area (Å²) in [5, 5.41) is 0. The monoisotopic (exact) mass is 324 g/mol. The molecular weight excluding hydrogens is 288 g/mol. The van der Waals surface area contributed by atoms with Crippen molar-refractivity contribution in [3.05, 3.63) is 24.3 Å². The zero-order chi connectivity index (χ0) is 17.2. The van der Waals surface area contributed by atoms with Crippen LogP contribution in [-0.4, -0.2) is 26.3 Å². The van der Waals surface area contributed by atoms with Gasteiger partial charge in [0.1, 0.15) is 0 Å². The van der Waals surface area contributed by atoms with Crippen molar-refractivity contribution >= 4 is 5.97 Å². The lowest BCUT2D eigenvalue weighted by Crippen LogP contribution is -2.23. The summed E-state index contributed by atoms with van der Waals surface area (Å²) in [6, 6.07) is 0. The standard InChI is InChI=1S/C20H36O3/c1-4-5-6-7-8-9-10-11-12-13-14-15-16-17-18-19(22-2)20(21)23-3/h11-12,15-16,19H,4-10,13-14,17-18H2,1-3H3/b12-11-,16-15-. The maximum Gasteiger partial charge on any atom is 0.334 e. The predicted octanol–water partition coefficient (Wildman–Crippen LogP) is 5.60. The second-order valence-corrected chi connectivity index (χ2v) is 5.90. The van der Waals surface area contributed by atoms with E-state index in [0.717, 1.165) is 19.3 Å². The highest BCUT2D eigenvalue weighted by atomic mass is 16.6. The second kappa shape index (κ2) is 17.3. The first kappa shape index (κ1) is 21.9. The van der Waals surface area contributed by atoms with Crippen LogP contribution in [0.25, 0.3) is 0 Å². The van der Waals surface area contributed by atoms with Crippen molar-refractivity contribution < 1.29 is 14.3 Å². The van der Waals surface area contributed by atoms with Crippen molar-refractivity contribution in [1.29, 1.82) is 0 Å². The number of rotatable bonds is 15. The van der Waals surface area contributed by atoms with E-state index in [4.69, 9.17) is 4.74 Å². The smallest absolute Gasteiger partial charge is 0.334 e. The maximum atomic E-state index is 11.3. The Morgan fingerprint density at radius 3 is 2.00 bits per heavy atom. The number of allylic oxidation sites excluding steroid dienone is 4. The van der Waals surface area contributed by atoms with Crippen LogP contribution in [0.4, 0.5) is 0 Å². The van der Waals surface area contributed by atoms with Gasteiger partial charge in [0.15, 0.2) is 6.10 Å². The number of unbranched alkanes of at least 4 members (excludes halogenated alkanes) is 7. The molecule has 0 fully saturated rings.